The highest BCUT2D eigenvalue weighted by Gasteiger charge is 2.42. The molecule has 0 aliphatic carbocycles. The average Bonchev–Trinajstić information content (AvgIpc) is 3.05. The van der Waals surface area contributed by atoms with Crippen molar-refractivity contribution in [1.29, 1.82) is 0 Å². The van der Waals surface area contributed by atoms with Gasteiger partial charge in [-0.15, -0.1) is 0 Å². The molecule has 1 atom stereocenters. The maximum Gasteiger partial charge on any atom is 0.308 e. The number of imide groups is 1. The zero-order valence-electron chi connectivity index (χ0n) is 17.9. The second-order valence-electron chi connectivity index (χ2n) is 7.60. The summed E-state index contributed by atoms with van der Waals surface area (Å²) in [4.78, 5) is 51.7. The standard InChI is InChI=1S/C25H18Cl2N2O5/c1-14(30)34-17-9-6-15(7-10-17)12-22(23(31)28-21-11-8-16(26)13-20(21)27)29-24(32)18-4-2-3-5-19(18)25(29)33/h2-11,13,22H,12H2,1H3,(H,28,31)/t22-/m1/s1. The lowest BCUT2D eigenvalue weighted by Gasteiger charge is -2.26. The molecule has 0 saturated heterocycles. The molecule has 0 bridgehead atoms. The molecule has 4 rings (SSSR count). The van der Waals surface area contributed by atoms with E-state index in [4.69, 9.17) is 27.9 Å². The summed E-state index contributed by atoms with van der Waals surface area (Å²) in [5.74, 6) is -1.83. The Labute approximate surface area is 205 Å². The molecule has 3 amide bonds. The van der Waals surface area contributed by atoms with Crippen LogP contribution < -0.4 is 10.1 Å². The molecule has 1 heterocycles. The molecule has 1 aliphatic rings. The van der Waals surface area contributed by atoms with Crippen molar-refractivity contribution in [2.75, 3.05) is 5.32 Å². The van der Waals surface area contributed by atoms with E-state index < -0.39 is 29.7 Å². The van der Waals surface area contributed by atoms with Gasteiger partial charge < -0.3 is 10.1 Å². The number of carbonyl (C=O) groups excluding carboxylic acids is 4. The lowest BCUT2D eigenvalue weighted by Crippen LogP contribution is -2.48. The summed E-state index contributed by atoms with van der Waals surface area (Å²) in [6.45, 7) is 1.29. The number of benzene rings is 3. The third-order valence-corrected chi connectivity index (χ3v) is 5.79. The van der Waals surface area contributed by atoms with E-state index in [0.29, 0.717) is 22.0 Å². The third-order valence-electron chi connectivity index (χ3n) is 5.24. The average molecular weight is 497 g/mol. The summed E-state index contributed by atoms with van der Waals surface area (Å²) >= 11 is 12.1. The maximum absolute atomic E-state index is 13.4. The van der Waals surface area contributed by atoms with Gasteiger partial charge in [0.2, 0.25) is 5.91 Å². The smallest absolute Gasteiger partial charge is 0.308 e. The first-order valence-corrected chi connectivity index (χ1v) is 11.0. The Bertz CT molecular complexity index is 1270. The topological polar surface area (TPSA) is 92.8 Å². The normalized spacial score (nSPS) is 13.4. The van der Waals surface area contributed by atoms with Gasteiger partial charge in [-0.25, -0.2) is 0 Å². The summed E-state index contributed by atoms with van der Waals surface area (Å²) in [5.41, 5.74) is 1.41. The molecule has 0 unspecified atom stereocenters. The van der Waals surface area contributed by atoms with Crippen LogP contribution in [0.3, 0.4) is 0 Å². The summed E-state index contributed by atoms with van der Waals surface area (Å²) in [6, 6.07) is 16.3. The predicted molar refractivity (Wildman–Crippen MR) is 127 cm³/mol. The second kappa shape index (κ2) is 9.67. The molecule has 3 aromatic rings. The number of halogens is 2. The van der Waals surface area contributed by atoms with E-state index in [1.807, 2.05) is 0 Å². The van der Waals surface area contributed by atoms with Gasteiger partial charge in [-0.3, -0.25) is 24.1 Å². The molecule has 0 spiro atoms. The van der Waals surface area contributed by atoms with Gasteiger partial charge >= 0.3 is 5.97 Å². The number of nitrogens with zero attached hydrogens (tertiary/aromatic N) is 1. The van der Waals surface area contributed by atoms with Crippen LogP contribution in [-0.2, 0) is 16.0 Å². The van der Waals surface area contributed by atoms with Gasteiger partial charge in [-0.05, 0) is 48.0 Å². The lowest BCUT2D eigenvalue weighted by molar-refractivity contribution is -0.131. The Balaban J connectivity index is 1.66. The molecule has 0 aromatic heterocycles. The number of nitrogens with one attached hydrogen (secondary N) is 1. The number of esters is 1. The lowest BCUT2D eigenvalue weighted by atomic mass is 10.0. The van der Waals surface area contributed by atoms with Crippen molar-refractivity contribution in [1.82, 2.24) is 4.90 Å². The minimum absolute atomic E-state index is 0.0306. The van der Waals surface area contributed by atoms with Gasteiger partial charge in [0, 0.05) is 18.4 Å². The Kier molecular flexibility index (Phi) is 6.68. The van der Waals surface area contributed by atoms with Crippen LogP contribution in [0.5, 0.6) is 5.75 Å². The molecule has 172 valence electrons. The molecule has 7 nitrogen and oxygen atoms in total. The van der Waals surface area contributed by atoms with E-state index >= 15 is 0 Å². The van der Waals surface area contributed by atoms with Crippen LogP contribution in [0.2, 0.25) is 10.0 Å². The van der Waals surface area contributed by atoms with E-state index in [0.717, 1.165) is 4.90 Å². The summed E-state index contributed by atoms with van der Waals surface area (Å²) in [6.07, 6.45) is 0.0306. The Hall–Kier alpha value is -3.68. The molecule has 0 fully saturated rings. The Morgan fingerprint density at radius 3 is 2.12 bits per heavy atom. The summed E-state index contributed by atoms with van der Waals surface area (Å²) in [5, 5.41) is 3.31. The van der Waals surface area contributed by atoms with E-state index in [9.17, 15) is 19.2 Å². The van der Waals surface area contributed by atoms with Crippen LogP contribution >= 0.6 is 23.2 Å². The van der Waals surface area contributed by atoms with Crippen LogP contribution in [0.25, 0.3) is 0 Å². The van der Waals surface area contributed by atoms with E-state index in [1.54, 1.807) is 54.6 Å². The summed E-state index contributed by atoms with van der Waals surface area (Å²) in [7, 11) is 0. The van der Waals surface area contributed by atoms with Crippen molar-refractivity contribution < 1.29 is 23.9 Å². The molecule has 9 heteroatoms. The van der Waals surface area contributed by atoms with Gasteiger partial charge in [-0.2, -0.15) is 0 Å². The number of rotatable bonds is 6. The van der Waals surface area contributed by atoms with Crippen LogP contribution in [-0.4, -0.2) is 34.6 Å². The number of amides is 3. The fourth-order valence-electron chi connectivity index (χ4n) is 3.68. The molecule has 1 aliphatic heterocycles. The van der Waals surface area contributed by atoms with E-state index in [2.05, 4.69) is 5.32 Å². The van der Waals surface area contributed by atoms with Crippen LogP contribution in [0.1, 0.15) is 33.2 Å². The van der Waals surface area contributed by atoms with Gasteiger partial charge in [-0.1, -0.05) is 47.5 Å². The molecule has 3 aromatic carbocycles. The van der Waals surface area contributed by atoms with Crippen molar-refractivity contribution in [3.8, 4) is 5.75 Å². The first kappa shape index (κ1) is 23.5. The number of hydrogen-bond acceptors (Lipinski definition) is 5. The first-order chi connectivity index (χ1) is 16.2. The fourth-order valence-corrected chi connectivity index (χ4v) is 4.14. The fraction of sp³-hybridized carbons (Fsp3) is 0.120. The second-order valence-corrected chi connectivity index (χ2v) is 8.44. The maximum atomic E-state index is 13.4. The van der Waals surface area contributed by atoms with Gasteiger partial charge in [0.25, 0.3) is 11.8 Å². The molecule has 0 radical (unpaired) electrons. The van der Waals surface area contributed by atoms with Crippen LogP contribution in [0, 0.1) is 0 Å². The van der Waals surface area contributed by atoms with Gasteiger partial charge in [0.1, 0.15) is 11.8 Å². The van der Waals surface area contributed by atoms with Crippen molar-refractivity contribution in [2.24, 2.45) is 0 Å². The zero-order valence-corrected chi connectivity index (χ0v) is 19.4. The number of carbonyl (C=O) groups is 4. The Morgan fingerprint density at radius 1 is 0.941 bits per heavy atom. The number of ether oxygens (including phenoxy) is 1. The van der Waals surface area contributed by atoms with Crippen molar-refractivity contribution in [2.45, 2.75) is 19.4 Å². The van der Waals surface area contributed by atoms with Gasteiger partial charge in [0.05, 0.1) is 21.8 Å². The van der Waals surface area contributed by atoms with Gasteiger partial charge in [0.15, 0.2) is 0 Å². The highest BCUT2D eigenvalue weighted by molar-refractivity contribution is 6.36. The van der Waals surface area contributed by atoms with Crippen LogP contribution in [0.4, 0.5) is 5.69 Å². The summed E-state index contributed by atoms with van der Waals surface area (Å²) < 4.78 is 5.04. The molecular weight excluding hydrogens is 479 g/mol. The molecule has 0 saturated carbocycles. The largest absolute Gasteiger partial charge is 0.427 e. The number of anilines is 1. The molecule has 1 N–H and O–H groups in total. The quantitative estimate of drug-likeness (QED) is 0.301. The molecular formula is C25H18Cl2N2O5. The Morgan fingerprint density at radius 2 is 1.56 bits per heavy atom. The van der Waals surface area contributed by atoms with Crippen molar-refractivity contribution in [3.63, 3.8) is 0 Å². The monoisotopic (exact) mass is 496 g/mol. The highest BCUT2D eigenvalue weighted by atomic mass is 35.5. The number of fused-ring (bicyclic) bond motifs is 1. The van der Waals surface area contributed by atoms with Crippen molar-refractivity contribution >= 4 is 52.6 Å². The molecule has 34 heavy (non-hydrogen) atoms. The third kappa shape index (κ3) is 4.81. The van der Waals surface area contributed by atoms with E-state index in [1.165, 1.54) is 19.1 Å². The highest BCUT2D eigenvalue weighted by Crippen LogP contribution is 2.29. The van der Waals surface area contributed by atoms with E-state index in [-0.39, 0.29) is 22.6 Å². The first-order valence-electron chi connectivity index (χ1n) is 10.2. The number of hydrogen-bond donors (Lipinski definition) is 1. The predicted octanol–water partition coefficient (Wildman–Crippen LogP) is 4.76. The van der Waals surface area contributed by atoms with Crippen molar-refractivity contribution in [3.05, 3.63) is 93.5 Å². The minimum Gasteiger partial charge on any atom is -0.427 e. The van der Waals surface area contributed by atoms with Crippen LogP contribution in [0.15, 0.2) is 66.7 Å². The SMILES string of the molecule is CC(=O)Oc1ccc(C[C@H](C(=O)Nc2ccc(Cl)cc2Cl)N2C(=O)c3ccccc3C2=O)cc1. The minimum atomic E-state index is -1.17. The zero-order chi connectivity index (χ0) is 24.4.